The molecule has 4 nitrogen and oxygen atoms in total. The van der Waals surface area contributed by atoms with Crippen LogP contribution in [0.3, 0.4) is 0 Å². The van der Waals surface area contributed by atoms with Crippen LogP contribution in [0.15, 0.2) is 40.7 Å². The van der Waals surface area contributed by atoms with Crippen LogP contribution < -0.4 is 11.1 Å². The number of thiophene rings is 1. The van der Waals surface area contributed by atoms with Gasteiger partial charge in [0.25, 0.3) is 0 Å². The molecule has 0 aliphatic heterocycles. The molecule has 1 aromatic heterocycles. The highest BCUT2D eigenvalue weighted by molar-refractivity contribution is 14.0. The highest BCUT2D eigenvalue weighted by atomic mass is 127. The van der Waals surface area contributed by atoms with Crippen LogP contribution in [0.1, 0.15) is 16.0 Å². The highest BCUT2D eigenvalue weighted by Gasteiger charge is 2.03. The van der Waals surface area contributed by atoms with Crippen molar-refractivity contribution >= 4 is 41.3 Å². The van der Waals surface area contributed by atoms with Gasteiger partial charge in [0.15, 0.2) is 5.96 Å². The summed E-state index contributed by atoms with van der Waals surface area (Å²) in [6.45, 7) is 0.787. The third-order valence-corrected chi connectivity index (χ3v) is 3.79. The lowest BCUT2D eigenvalue weighted by Crippen LogP contribution is -2.33. The molecule has 3 N–H and O–H groups in total. The Hall–Kier alpha value is -1.66. The molecule has 0 fully saturated rings. The molecule has 1 aromatic carbocycles. The first-order valence-corrected chi connectivity index (χ1v) is 7.31. The lowest BCUT2D eigenvalue weighted by molar-refractivity contribution is 0.610. The topological polar surface area (TPSA) is 74.2 Å². The van der Waals surface area contributed by atoms with Gasteiger partial charge in [0, 0.05) is 17.0 Å². The average molecular weight is 430 g/mol. The van der Waals surface area contributed by atoms with E-state index in [2.05, 4.69) is 16.4 Å². The summed E-state index contributed by atoms with van der Waals surface area (Å²) in [5.74, 6) is -0.113. The summed E-state index contributed by atoms with van der Waals surface area (Å²) in [5.41, 5.74) is 6.50. The van der Waals surface area contributed by atoms with Crippen molar-refractivity contribution in [3.05, 3.63) is 57.5 Å². The number of nitriles is 1. The maximum atomic E-state index is 13.6. The van der Waals surface area contributed by atoms with Crippen molar-refractivity contribution in [2.24, 2.45) is 10.7 Å². The van der Waals surface area contributed by atoms with Crippen molar-refractivity contribution in [1.82, 2.24) is 5.32 Å². The number of nitrogens with two attached hydrogens (primary N) is 1. The predicted molar refractivity (Wildman–Crippen MR) is 97.9 cm³/mol. The fourth-order valence-electron chi connectivity index (χ4n) is 1.76. The SMILES string of the molecule is I.N#Cc1ccc(F)c(CN=C(N)NCCc2cccs2)c1. The molecular formula is C15H16FIN4S. The maximum Gasteiger partial charge on any atom is 0.188 e. The van der Waals surface area contributed by atoms with Gasteiger partial charge in [-0.1, -0.05) is 6.07 Å². The third-order valence-electron chi connectivity index (χ3n) is 2.85. The lowest BCUT2D eigenvalue weighted by atomic mass is 10.1. The van der Waals surface area contributed by atoms with Crippen molar-refractivity contribution in [3.63, 3.8) is 0 Å². The van der Waals surface area contributed by atoms with E-state index in [1.165, 1.54) is 23.1 Å². The zero-order chi connectivity index (χ0) is 15.1. The second-order valence-electron chi connectivity index (χ2n) is 4.38. The van der Waals surface area contributed by atoms with Crippen LogP contribution in [0.5, 0.6) is 0 Å². The van der Waals surface area contributed by atoms with Gasteiger partial charge in [0.05, 0.1) is 18.2 Å². The van der Waals surface area contributed by atoms with Crippen molar-refractivity contribution in [3.8, 4) is 6.07 Å². The average Bonchev–Trinajstić information content (AvgIpc) is 3.00. The number of halogens is 2. The largest absolute Gasteiger partial charge is 0.370 e. The summed E-state index contributed by atoms with van der Waals surface area (Å²) in [5, 5.41) is 13.8. The van der Waals surface area contributed by atoms with Gasteiger partial charge in [-0.2, -0.15) is 5.26 Å². The third kappa shape index (κ3) is 5.61. The Morgan fingerprint density at radius 2 is 2.23 bits per heavy atom. The molecule has 0 saturated heterocycles. The van der Waals surface area contributed by atoms with Gasteiger partial charge in [0.1, 0.15) is 5.82 Å². The van der Waals surface area contributed by atoms with Crippen LogP contribution in [0.4, 0.5) is 4.39 Å². The van der Waals surface area contributed by atoms with Crippen molar-refractivity contribution in [2.45, 2.75) is 13.0 Å². The molecule has 7 heteroatoms. The molecule has 2 rings (SSSR count). The minimum atomic E-state index is -0.385. The molecule has 0 aliphatic rings. The van der Waals surface area contributed by atoms with Gasteiger partial charge < -0.3 is 11.1 Å². The van der Waals surface area contributed by atoms with Crippen molar-refractivity contribution in [1.29, 1.82) is 5.26 Å². The molecule has 0 saturated carbocycles. The Balaban J connectivity index is 0.00000242. The first kappa shape index (κ1) is 18.4. The summed E-state index contributed by atoms with van der Waals surface area (Å²) < 4.78 is 13.6. The number of rotatable bonds is 5. The van der Waals surface area contributed by atoms with E-state index < -0.39 is 0 Å². The number of nitrogens with one attached hydrogen (secondary N) is 1. The second-order valence-corrected chi connectivity index (χ2v) is 5.41. The van der Waals surface area contributed by atoms with E-state index in [1.807, 2.05) is 17.5 Å². The Kier molecular flexibility index (Phi) is 7.84. The standard InChI is InChI=1S/C15H15FN4S.HI/c16-14-4-3-11(9-17)8-12(14)10-20-15(18)19-6-5-13-2-1-7-21-13;/h1-4,7-8H,5-6,10H2,(H3,18,19,20);1H. The monoisotopic (exact) mass is 430 g/mol. The zero-order valence-corrected chi connectivity index (χ0v) is 14.9. The van der Waals surface area contributed by atoms with Crippen LogP contribution in [0.2, 0.25) is 0 Å². The van der Waals surface area contributed by atoms with Gasteiger partial charge in [0.2, 0.25) is 0 Å². The smallest absolute Gasteiger partial charge is 0.188 e. The number of benzene rings is 1. The van der Waals surface area contributed by atoms with E-state index in [4.69, 9.17) is 11.0 Å². The summed E-state index contributed by atoms with van der Waals surface area (Å²) in [4.78, 5) is 5.35. The Morgan fingerprint density at radius 3 is 2.91 bits per heavy atom. The summed E-state index contributed by atoms with van der Waals surface area (Å²) in [6, 6.07) is 10.2. The summed E-state index contributed by atoms with van der Waals surface area (Å²) in [6.07, 6.45) is 0.867. The molecule has 22 heavy (non-hydrogen) atoms. The van der Waals surface area contributed by atoms with E-state index in [0.717, 1.165) is 6.42 Å². The Bertz CT molecular complexity index is 665. The number of hydrogen-bond acceptors (Lipinski definition) is 3. The minimum absolute atomic E-state index is 0. The van der Waals surface area contributed by atoms with Crippen LogP contribution in [0.25, 0.3) is 0 Å². The van der Waals surface area contributed by atoms with Crippen LogP contribution in [-0.4, -0.2) is 12.5 Å². The molecule has 0 radical (unpaired) electrons. The predicted octanol–water partition coefficient (Wildman–Crippen LogP) is 3.02. The van der Waals surface area contributed by atoms with E-state index in [1.54, 1.807) is 11.3 Å². The molecule has 0 unspecified atom stereocenters. The van der Waals surface area contributed by atoms with Gasteiger partial charge in [-0.25, -0.2) is 9.38 Å². The molecule has 0 atom stereocenters. The summed E-state index contributed by atoms with van der Waals surface area (Å²) >= 11 is 1.69. The molecule has 0 aliphatic carbocycles. The van der Waals surface area contributed by atoms with E-state index in [9.17, 15) is 4.39 Å². The lowest BCUT2D eigenvalue weighted by Gasteiger charge is -2.05. The number of guanidine groups is 1. The fraction of sp³-hybridized carbons (Fsp3) is 0.200. The molecular weight excluding hydrogens is 414 g/mol. The summed E-state index contributed by atoms with van der Waals surface area (Å²) in [7, 11) is 0. The van der Waals surface area contributed by atoms with Crippen molar-refractivity contribution in [2.75, 3.05) is 6.54 Å². The molecule has 0 amide bonds. The zero-order valence-electron chi connectivity index (χ0n) is 11.8. The van der Waals surface area contributed by atoms with Crippen LogP contribution >= 0.6 is 35.3 Å². The fourth-order valence-corrected chi connectivity index (χ4v) is 2.47. The van der Waals surface area contributed by atoms with Crippen LogP contribution in [0, 0.1) is 17.1 Å². The van der Waals surface area contributed by atoms with E-state index >= 15 is 0 Å². The Labute approximate surface area is 149 Å². The van der Waals surface area contributed by atoms with Gasteiger partial charge >= 0.3 is 0 Å². The van der Waals surface area contributed by atoms with E-state index in [0.29, 0.717) is 17.7 Å². The van der Waals surface area contributed by atoms with Gasteiger partial charge in [-0.05, 0) is 36.1 Å². The molecule has 0 spiro atoms. The molecule has 116 valence electrons. The first-order chi connectivity index (χ1) is 10.2. The second kappa shape index (κ2) is 9.38. The van der Waals surface area contributed by atoms with E-state index in [-0.39, 0.29) is 42.3 Å². The van der Waals surface area contributed by atoms with Gasteiger partial charge in [-0.3, -0.25) is 0 Å². The maximum absolute atomic E-state index is 13.6. The normalized spacial score (nSPS) is 10.6. The van der Waals surface area contributed by atoms with Gasteiger partial charge in [-0.15, -0.1) is 35.3 Å². The number of nitrogens with zero attached hydrogens (tertiary/aromatic N) is 2. The van der Waals surface area contributed by atoms with Crippen molar-refractivity contribution < 1.29 is 4.39 Å². The number of hydrogen-bond donors (Lipinski definition) is 2. The Morgan fingerprint density at radius 1 is 1.41 bits per heavy atom. The number of aliphatic imine (C=N–C) groups is 1. The van der Waals surface area contributed by atoms with Crippen LogP contribution in [-0.2, 0) is 13.0 Å². The highest BCUT2D eigenvalue weighted by Crippen LogP contribution is 2.11. The molecule has 2 aromatic rings. The molecule has 0 bridgehead atoms. The molecule has 1 heterocycles. The minimum Gasteiger partial charge on any atom is -0.370 e. The first-order valence-electron chi connectivity index (χ1n) is 6.43. The quantitative estimate of drug-likeness (QED) is 0.435.